The molecule has 0 saturated carbocycles. The molecule has 7 nitrogen and oxygen atoms in total. The van der Waals surface area contributed by atoms with E-state index in [0.29, 0.717) is 38.5 Å². The fourth-order valence-electron chi connectivity index (χ4n) is 3.51. The highest BCUT2D eigenvalue weighted by Crippen LogP contribution is 2.36. The summed E-state index contributed by atoms with van der Waals surface area (Å²) in [6.07, 6.45) is 6.99. The molecule has 4 rings (SSSR count). The van der Waals surface area contributed by atoms with E-state index in [-0.39, 0.29) is 12.2 Å². The molecule has 1 aliphatic rings. The quantitative estimate of drug-likeness (QED) is 0.343. The minimum atomic E-state index is -1.09. The van der Waals surface area contributed by atoms with E-state index in [4.69, 9.17) is 15.9 Å². The van der Waals surface area contributed by atoms with Crippen molar-refractivity contribution < 1.29 is 24.2 Å². The third-order valence-electron chi connectivity index (χ3n) is 5.16. The number of methoxy groups -OCH3 is 1. The lowest BCUT2D eigenvalue weighted by Gasteiger charge is -2.13. The molecule has 0 unspecified atom stereocenters. The first kappa shape index (κ1) is 23.8. The summed E-state index contributed by atoms with van der Waals surface area (Å²) in [5.74, 6) is 1.83. The van der Waals surface area contributed by atoms with Crippen LogP contribution in [0.25, 0.3) is 6.08 Å². The Kier molecular flexibility index (Phi) is 6.99. The van der Waals surface area contributed by atoms with Gasteiger partial charge in [-0.2, -0.15) is 10.1 Å². The van der Waals surface area contributed by atoms with E-state index in [0.717, 1.165) is 5.56 Å². The van der Waals surface area contributed by atoms with Gasteiger partial charge in [0.25, 0.3) is 5.91 Å². The predicted octanol–water partition coefficient (Wildman–Crippen LogP) is 5.00. The van der Waals surface area contributed by atoms with Crippen LogP contribution in [0, 0.1) is 12.3 Å². The molecule has 0 aliphatic carbocycles. The Balaban J connectivity index is 1.82. The third kappa shape index (κ3) is 4.95. The summed E-state index contributed by atoms with van der Waals surface area (Å²) in [5, 5.41) is 15.1. The molecule has 3 aromatic carbocycles. The van der Waals surface area contributed by atoms with Crippen molar-refractivity contribution in [2.24, 2.45) is 5.10 Å². The largest absolute Gasteiger partial charge is 0.493 e. The number of hydrogen-bond acceptors (Lipinski definition) is 5. The van der Waals surface area contributed by atoms with Crippen LogP contribution in [0.4, 0.5) is 5.69 Å². The number of carboxylic acid groups (broad SMARTS) is 1. The zero-order valence-corrected chi connectivity index (χ0v) is 20.2. The molecule has 8 heteroatoms. The SMILES string of the molecule is C#CCOc1cc(Br)c(/C=C2/C(=O)N(c3cccc(C(=O)O)c3)N=C2c2ccccc2)cc1OC. The Morgan fingerprint density at radius 1 is 1.14 bits per heavy atom. The zero-order chi connectivity index (χ0) is 24.9. The first-order valence-electron chi connectivity index (χ1n) is 10.4. The third-order valence-corrected chi connectivity index (χ3v) is 5.84. The number of halogens is 1. The first-order valence-corrected chi connectivity index (χ1v) is 11.2. The Morgan fingerprint density at radius 2 is 1.91 bits per heavy atom. The number of anilines is 1. The number of carboxylic acids is 1. The number of terminal acetylenes is 1. The lowest BCUT2D eigenvalue weighted by molar-refractivity contribution is -0.114. The molecule has 174 valence electrons. The molecule has 1 aliphatic heterocycles. The average molecular weight is 531 g/mol. The van der Waals surface area contributed by atoms with Crippen molar-refractivity contribution in [2.75, 3.05) is 18.7 Å². The van der Waals surface area contributed by atoms with Crippen LogP contribution in [0.3, 0.4) is 0 Å². The van der Waals surface area contributed by atoms with Gasteiger partial charge in [0.1, 0.15) is 12.3 Å². The summed E-state index contributed by atoms with van der Waals surface area (Å²) in [6.45, 7) is 0.0803. The molecular formula is C27H19BrN2O5. The number of benzene rings is 3. The molecule has 1 heterocycles. The van der Waals surface area contributed by atoms with Gasteiger partial charge in [-0.15, -0.1) is 6.42 Å². The second-order valence-corrected chi connectivity index (χ2v) is 8.22. The monoisotopic (exact) mass is 530 g/mol. The Labute approximate surface area is 210 Å². The van der Waals surface area contributed by atoms with Crippen LogP contribution in [0.5, 0.6) is 11.5 Å². The molecule has 0 spiro atoms. The second-order valence-electron chi connectivity index (χ2n) is 7.36. The Hall–Kier alpha value is -4.35. The number of nitrogens with zero attached hydrogens (tertiary/aromatic N) is 2. The van der Waals surface area contributed by atoms with E-state index >= 15 is 0 Å². The molecular weight excluding hydrogens is 512 g/mol. The Morgan fingerprint density at radius 3 is 2.60 bits per heavy atom. The number of hydrogen-bond donors (Lipinski definition) is 1. The minimum absolute atomic E-state index is 0.0548. The minimum Gasteiger partial charge on any atom is -0.493 e. The number of aromatic carboxylic acids is 1. The molecule has 1 N–H and O–H groups in total. The van der Waals surface area contributed by atoms with Gasteiger partial charge < -0.3 is 14.6 Å². The number of amides is 1. The topological polar surface area (TPSA) is 88.4 Å². The number of carbonyl (C=O) groups is 2. The molecule has 1 amide bonds. The molecule has 0 aromatic heterocycles. The maximum absolute atomic E-state index is 13.6. The van der Waals surface area contributed by atoms with E-state index < -0.39 is 11.9 Å². The van der Waals surface area contributed by atoms with Gasteiger partial charge in [-0.05, 0) is 42.0 Å². The van der Waals surface area contributed by atoms with Gasteiger partial charge in [0.2, 0.25) is 0 Å². The maximum atomic E-state index is 13.6. The van der Waals surface area contributed by atoms with Crippen LogP contribution < -0.4 is 14.5 Å². The molecule has 0 fully saturated rings. The van der Waals surface area contributed by atoms with E-state index in [1.165, 1.54) is 24.3 Å². The van der Waals surface area contributed by atoms with E-state index in [9.17, 15) is 14.7 Å². The molecule has 0 saturated heterocycles. The Bertz CT molecular complexity index is 1410. The van der Waals surface area contributed by atoms with Crippen LogP contribution in [0.1, 0.15) is 21.5 Å². The highest BCUT2D eigenvalue weighted by atomic mass is 79.9. The van der Waals surface area contributed by atoms with Crippen LogP contribution in [0.15, 0.2) is 81.9 Å². The normalized spacial score (nSPS) is 14.0. The van der Waals surface area contributed by atoms with Gasteiger partial charge in [-0.1, -0.05) is 58.2 Å². The number of rotatable bonds is 7. The van der Waals surface area contributed by atoms with E-state index in [1.807, 2.05) is 30.3 Å². The molecule has 0 radical (unpaired) electrons. The smallest absolute Gasteiger partial charge is 0.335 e. The van der Waals surface area contributed by atoms with Gasteiger partial charge in [0, 0.05) is 10.0 Å². The lowest BCUT2D eigenvalue weighted by atomic mass is 10.00. The fourth-order valence-corrected chi connectivity index (χ4v) is 3.95. The van der Waals surface area contributed by atoms with Crippen LogP contribution >= 0.6 is 15.9 Å². The summed E-state index contributed by atoms with van der Waals surface area (Å²) in [7, 11) is 1.51. The average Bonchev–Trinajstić information content (AvgIpc) is 3.20. The van der Waals surface area contributed by atoms with Crippen molar-refractivity contribution in [3.05, 3.63) is 93.5 Å². The van der Waals surface area contributed by atoms with Gasteiger partial charge in [0.15, 0.2) is 11.5 Å². The van der Waals surface area contributed by atoms with Gasteiger partial charge in [-0.3, -0.25) is 4.79 Å². The number of ether oxygens (including phenoxy) is 2. The van der Waals surface area contributed by atoms with Crippen molar-refractivity contribution >= 4 is 45.3 Å². The van der Waals surface area contributed by atoms with Gasteiger partial charge in [0.05, 0.1) is 23.9 Å². The van der Waals surface area contributed by atoms with Crippen molar-refractivity contribution in [3.8, 4) is 23.8 Å². The van der Waals surface area contributed by atoms with Crippen molar-refractivity contribution in [2.45, 2.75) is 0 Å². The van der Waals surface area contributed by atoms with Crippen LogP contribution in [-0.2, 0) is 4.79 Å². The standard InChI is InChI=1S/C27H19BrN2O5/c1-3-12-35-24-16-22(28)19(15-23(24)34-2)14-21-25(17-8-5-4-6-9-17)29-30(26(21)31)20-11-7-10-18(13-20)27(32)33/h1,4-11,13-16H,12H2,2H3,(H,32,33)/b21-14+. The van der Waals surface area contributed by atoms with Crippen molar-refractivity contribution in [3.63, 3.8) is 0 Å². The summed E-state index contributed by atoms with van der Waals surface area (Å²) in [4.78, 5) is 25.0. The number of carbonyl (C=O) groups excluding carboxylic acids is 1. The maximum Gasteiger partial charge on any atom is 0.335 e. The molecule has 0 atom stereocenters. The molecule has 35 heavy (non-hydrogen) atoms. The van der Waals surface area contributed by atoms with E-state index in [2.05, 4.69) is 27.0 Å². The van der Waals surface area contributed by atoms with Crippen LogP contribution in [0.2, 0.25) is 0 Å². The second kappa shape index (κ2) is 10.3. The highest BCUT2D eigenvalue weighted by molar-refractivity contribution is 9.10. The van der Waals surface area contributed by atoms with Gasteiger partial charge in [-0.25, -0.2) is 4.79 Å². The summed E-state index contributed by atoms with van der Waals surface area (Å²) in [5.41, 5.74) is 2.58. The lowest BCUT2D eigenvalue weighted by Crippen LogP contribution is -2.21. The van der Waals surface area contributed by atoms with Crippen molar-refractivity contribution in [1.82, 2.24) is 0 Å². The highest BCUT2D eigenvalue weighted by Gasteiger charge is 2.32. The fraction of sp³-hybridized carbons (Fsp3) is 0.0741. The van der Waals surface area contributed by atoms with Crippen LogP contribution in [-0.4, -0.2) is 36.4 Å². The molecule has 0 bridgehead atoms. The first-order chi connectivity index (χ1) is 16.9. The summed E-state index contributed by atoms with van der Waals surface area (Å²) >= 11 is 3.53. The summed E-state index contributed by atoms with van der Waals surface area (Å²) < 4.78 is 11.6. The van der Waals surface area contributed by atoms with Gasteiger partial charge >= 0.3 is 5.97 Å². The summed E-state index contributed by atoms with van der Waals surface area (Å²) in [6, 6.07) is 18.8. The van der Waals surface area contributed by atoms with E-state index in [1.54, 1.807) is 30.3 Å². The number of hydrazone groups is 1. The predicted molar refractivity (Wildman–Crippen MR) is 137 cm³/mol. The zero-order valence-electron chi connectivity index (χ0n) is 18.6. The van der Waals surface area contributed by atoms with Crippen molar-refractivity contribution in [1.29, 1.82) is 0 Å². The molecule has 3 aromatic rings.